The lowest BCUT2D eigenvalue weighted by Gasteiger charge is -2.06. The average molecular weight is 334 g/mol. The summed E-state index contributed by atoms with van der Waals surface area (Å²) in [5.74, 6) is 0.599. The van der Waals surface area contributed by atoms with E-state index in [1.54, 1.807) is 6.92 Å². The Bertz CT molecular complexity index is 711. The summed E-state index contributed by atoms with van der Waals surface area (Å²) in [6, 6.07) is 9.11. The normalized spacial score (nSPS) is 10.5. The van der Waals surface area contributed by atoms with Crippen LogP contribution in [0.1, 0.15) is 29.9 Å². The predicted octanol–water partition coefficient (Wildman–Crippen LogP) is 2.41. The fourth-order valence-corrected chi connectivity index (χ4v) is 2.42. The topological polar surface area (TPSA) is 74.8 Å². The van der Waals surface area contributed by atoms with E-state index >= 15 is 0 Å². The molecule has 0 saturated carbocycles. The molecule has 23 heavy (non-hydrogen) atoms. The van der Waals surface area contributed by atoms with Gasteiger partial charge in [0.1, 0.15) is 5.82 Å². The number of aromatic nitrogens is 2. The van der Waals surface area contributed by atoms with Gasteiger partial charge in [-0.05, 0) is 37.5 Å². The van der Waals surface area contributed by atoms with E-state index in [0.717, 1.165) is 17.9 Å². The zero-order chi connectivity index (χ0) is 16.7. The second-order valence-corrected chi connectivity index (χ2v) is 5.84. The highest BCUT2D eigenvalue weighted by Crippen LogP contribution is 2.11. The average Bonchev–Trinajstić information content (AvgIpc) is 2.48. The molecule has 1 aromatic heterocycles. The molecule has 0 aliphatic heterocycles. The standard InChI is InChI=1S/C17H20ClN3O2/c1-12-20-15(11-17(23)21-12)9-10-19-16(22)4-2-3-13-5-7-14(18)8-6-13/h5-8,11H,2-4,9-10H2,1H3,(H,19,22)(H,20,21,23). The predicted molar refractivity (Wildman–Crippen MR) is 90.7 cm³/mol. The van der Waals surface area contributed by atoms with Crippen LogP contribution in [0.3, 0.4) is 0 Å². The first kappa shape index (κ1) is 17.2. The zero-order valence-corrected chi connectivity index (χ0v) is 13.8. The molecular weight excluding hydrogens is 314 g/mol. The number of carbonyl (C=O) groups is 1. The number of halogens is 1. The quantitative estimate of drug-likeness (QED) is 0.817. The van der Waals surface area contributed by atoms with Crippen molar-refractivity contribution in [1.82, 2.24) is 15.3 Å². The summed E-state index contributed by atoms with van der Waals surface area (Å²) in [4.78, 5) is 29.9. The van der Waals surface area contributed by atoms with Gasteiger partial charge in [0.2, 0.25) is 5.91 Å². The number of H-pyrrole nitrogens is 1. The Morgan fingerprint density at radius 3 is 2.70 bits per heavy atom. The van der Waals surface area contributed by atoms with Crippen molar-refractivity contribution in [3.8, 4) is 0 Å². The molecule has 0 fully saturated rings. The number of aromatic amines is 1. The van der Waals surface area contributed by atoms with Crippen LogP contribution >= 0.6 is 11.6 Å². The number of hydrogen-bond donors (Lipinski definition) is 2. The molecule has 0 saturated heterocycles. The van der Waals surface area contributed by atoms with Crippen molar-refractivity contribution >= 4 is 17.5 Å². The number of rotatable bonds is 7. The molecule has 1 heterocycles. The van der Waals surface area contributed by atoms with Crippen molar-refractivity contribution in [3.63, 3.8) is 0 Å². The Balaban J connectivity index is 1.67. The van der Waals surface area contributed by atoms with Gasteiger partial charge in [0, 0.05) is 36.2 Å². The fraction of sp³-hybridized carbons (Fsp3) is 0.353. The molecule has 0 spiro atoms. The maximum absolute atomic E-state index is 11.8. The molecule has 2 rings (SSSR count). The minimum Gasteiger partial charge on any atom is -0.356 e. The van der Waals surface area contributed by atoms with Crippen LogP contribution in [0.4, 0.5) is 0 Å². The zero-order valence-electron chi connectivity index (χ0n) is 13.1. The van der Waals surface area contributed by atoms with Crippen molar-refractivity contribution in [1.29, 1.82) is 0 Å². The van der Waals surface area contributed by atoms with Gasteiger partial charge in [0.05, 0.1) is 0 Å². The third kappa shape index (κ3) is 6.24. The van der Waals surface area contributed by atoms with Crippen molar-refractivity contribution < 1.29 is 4.79 Å². The minimum absolute atomic E-state index is 0.0144. The Morgan fingerprint density at radius 2 is 2.00 bits per heavy atom. The lowest BCUT2D eigenvalue weighted by molar-refractivity contribution is -0.121. The summed E-state index contributed by atoms with van der Waals surface area (Å²) in [6.07, 6.45) is 2.66. The molecule has 0 unspecified atom stereocenters. The third-order valence-corrected chi connectivity index (χ3v) is 3.65. The summed E-state index contributed by atoms with van der Waals surface area (Å²) in [5, 5.41) is 3.57. The van der Waals surface area contributed by atoms with Crippen LogP contribution in [-0.4, -0.2) is 22.4 Å². The van der Waals surface area contributed by atoms with E-state index in [9.17, 15) is 9.59 Å². The molecule has 0 radical (unpaired) electrons. The molecule has 0 aliphatic carbocycles. The van der Waals surface area contributed by atoms with E-state index in [0.29, 0.717) is 30.9 Å². The molecule has 0 atom stereocenters. The summed E-state index contributed by atoms with van der Waals surface area (Å²) in [7, 11) is 0. The first-order chi connectivity index (χ1) is 11.0. The highest BCUT2D eigenvalue weighted by atomic mass is 35.5. The van der Waals surface area contributed by atoms with Crippen LogP contribution in [0, 0.1) is 6.92 Å². The van der Waals surface area contributed by atoms with E-state index in [1.165, 1.54) is 11.6 Å². The van der Waals surface area contributed by atoms with E-state index in [1.807, 2.05) is 24.3 Å². The molecule has 1 amide bonds. The smallest absolute Gasteiger partial charge is 0.251 e. The fourth-order valence-electron chi connectivity index (χ4n) is 2.29. The summed E-state index contributed by atoms with van der Waals surface area (Å²) < 4.78 is 0. The van der Waals surface area contributed by atoms with Crippen LogP contribution in [0.15, 0.2) is 35.1 Å². The second kappa shape index (κ2) is 8.48. The summed E-state index contributed by atoms with van der Waals surface area (Å²) >= 11 is 5.83. The molecule has 0 bridgehead atoms. The van der Waals surface area contributed by atoms with Crippen molar-refractivity contribution in [2.75, 3.05) is 6.54 Å². The van der Waals surface area contributed by atoms with Crippen molar-refractivity contribution in [2.24, 2.45) is 0 Å². The van der Waals surface area contributed by atoms with Crippen LogP contribution in [0.25, 0.3) is 0 Å². The van der Waals surface area contributed by atoms with Crippen LogP contribution in [0.5, 0.6) is 0 Å². The Kier molecular flexibility index (Phi) is 6.35. The molecule has 6 heteroatoms. The molecule has 5 nitrogen and oxygen atoms in total. The number of nitrogens with zero attached hydrogens (tertiary/aromatic N) is 1. The van der Waals surface area contributed by atoms with Gasteiger partial charge in [0.15, 0.2) is 0 Å². The molecule has 122 valence electrons. The van der Waals surface area contributed by atoms with E-state index in [4.69, 9.17) is 11.6 Å². The largest absolute Gasteiger partial charge is 0.356 e. The third-order valence-electron chi connectivity index (χ3n) is 3.40. The minimum atomic E-state index is -0.165. The van der Waals surface area contributed by atoms with E-state index < -0.39 is 0 Å². The van der Waals surface area contributed by atoms with Gasteiger partial charge in [-0.3, -0.25) is 9.59 Å². The van der Waals surface area contributed by atoms with Gasteiger partial charge in [0.25, 0.3) is 5.56 Å². The van der Waals surface area contributed by atoms with Crippen LogP contribution < -0.4 is 10.9 Å². The van der Waals surface area contributed by atoms with Gasteiger partial charge in [-0.25, -0.2) is 4.98 Å². The maximum atomic E-state index is 11.8. The summed E-state index contributed by atoms with van der Waals surface area (Å²) in [6.45, 7) is 2.22. The van der Waals surface area contributed by atoms with Gasteiger partial charge >= 0.3 is 0 Å². The first-order valence-electron chi connectivity index (χ1n) is 7.61. The molecule has 2 N–H and O–H groups in total. The molecule has 1 aromatic carbocycles. The lowest BCUT2D eigenvalue weighted by Crippen LogP contribution is -2.26. The Labute approximate surface area is 140 Å². The number of hydrogen-bond acceptors (Lipinski definition) is 3. The lowest BCUT2D eigenvalue weighted by atomic mass is 10.1. The monoisotopic (exact) mass is 333 g/mol. The maximum Gasteiger partial charge on any atom is 0.251 e. The van der Waals surface area contributed by atoms with Crippen LogP contribution in [0.2, 0.25) is 5.02 Å². The Hall–Kier alpha value is -2.14. The molecule has 0 aliphatic rings. The van der Waals surface area contributed by atoms with E-state index in [-0.39, 0.29) is 11.5 Å². The van der Waals surface area contributed by atoms with E-state index in [2.05, 4.69) is 15.3 Å². The number of carbonyl (C=O) groups excluding carboxylic acids is 1. The van der Waals surface area contributed by atoms with Crippen molar-refractivity contribution in [2.45, 2.75) is 32.6 Å². The van der Waals surface area contributed by atoms with Crippen molar-refractivity contribution in [3.05, 3.63) is 62.8 Å². The number of aryl methyl sites for hydroxylation is 2. The molecule has 2 aromatic rings. The first-order valence-corrected chi connectivity index (χ1v) is 7.99. The van der Waals surface area contributed by atoms with Gasteiger partial charge in [-0.15, -0.1) is 0 Å². The number of benzene rings is 1. The summed E-state index contributed by atoms with van der Waals surface area (Å²) in [5.41, 5.74) is 1.69. The van der Waals surface area contributed by atoms with Gasteiger partial charge in [-0.2, -0.15) is 0 Å². The highest BCUT2D eigenvalue weighted by Gasteiger charge is 2.03. The van der Waals surface area contributed by atoms with Crippen LogP contribution in [-0.2, 0) is 17.6 Å². The number of nitrogens with one attached hydrogen (secondary N) is 2. The Morgan fingerprint density at radius 1 is 1.26 bits per heavy atom. The number of amides is 1. The SMILES string of the molecule is Cc1nc(CCNC(=O)CCCc2ccc(Cl)cc2)cc(=O)[nH]1. The van der Waals surface area contributed by atoms with Gasteiger partial charge < -0.3 is 10.3 Å². The second-order valence-electron chi connectivity index (χ2n) is 5.40. The molecular formula is C17H20ClN3O2. The van der Waals surface area contributed by atoms with Gasteiger partial charge in [-0.1, -0.05) is 23.7 Å². The highest BCUT2D eigenvalue weighted by molar-refractivity contribution is 6.30.